The number of rotatable bonds is 0. The Kier molecular flexibility index (Phi) is 1.91. The largest absolute Gasteiger partial charge is 0.355 e. The fourth-order valence-corrected chi connectivity index (χ4v) is 2.43. The van der Waals surface area contributed by atoms with Crippen LogP contribution in [-0.2, 0) is 6.42 Å². The molecule has 0 unspecified atom stereocenters. The topological polar surface area (TPSA) is 15.8 Å². The molecule has 0 bridgehead atoms. The minimum atomic E-state index is 0.752. The molecule has 0 saturated carbocycles. The lowest BCUT2D eigenvalue weighted by molar-refractivity contribution is 0.596. The van der Waals surface area contributed by atoms with Gasteiger partial charge in [-0.2, -0.15) is 0 Å². The average Bonchev–Trinajstić information content (AvgIpc) is 2.47. The van der Waals surface area contributed by atoms with Crippen LogP contribution in [0.3, 0.4) is 0 Å². The number of benzene rings is 1. The second kappa shape index (κ2) is 3.27. The van der Waals surface area contributed by atoms with Crippen molar-refractivity contribution in [2.45, 2.75) is 19.8 Å². The fourth-order valence-electron chi connectivity index (χ4n) is 2.43. The Morgan fingerprint density at radius 1 is 1.27 bits per heavy atom. The molecule has 0 saturated heterocycles. The van der Waals surface area contributed by atoms with E-state index in [1.807, 2.05) is 0 Å². The normalized spacial score (nSPS) is 20.2. The van der Waals surface area contributed by atoms with E-state index in [2.05, 4.69) is 48.3 Å². The first-order valence-electron chi connectivity index (χ1n) is 5.61. The van der Waals surface area contributed by atoms with Crippen LogP contribution in [-0.4, -0.2) is 4.98 Å². The highest BCUT2D eigenvalue weighted by Gasteiger charge is 2.14. The minimum Gasteiger partial charge on any atom is -0.355 e. The van der Waals surface area contributed by atoms with Gasteiger partial charge in [0.15, 0.2) is 0 Å². The summed E-state index contributed by atoms with van der Waals surface area (Å²) in [7, 11) is 0. The van der Waals surface area contributed by atoms with E-state index in [1.165, 1.54) is 35.0 Å². The summed E-state index contributed by atoms with van der Waals surface area (Å²) in [5.41, 5.74) is 4.06. The summed E-state index contributed by atoms with van der Waals surface area (Å²) < 4.78 is 0. The van der Waals surface area contributed by atoms with Crippen LogP contribution in [0.1, 0.15) is 24.6 Å². The summed E-state index contributed by atoms with van der Waals surface area (Å²) in [4.78, 5) is 3.49. The van der Waals surface area contributed by atoms with Gasteiger partial charge in [-0.1, -0.05) is 31.2 Å². The Morgan fingerprint density at radius 2 is 2.13 bits per heavy atom. The third kappa shape index (κ3) is 1.39. The van der Waals surface area contributed by atoms with Gasteiger partial charge in [0.25, 0.3) is 0 Å². The molecule has 0 radical (unpaired) electrons. The quantitative estimate of drug-likeness (QED) is 0.661. The van der Waals surface area contributed by atoms with Gasteiger partial charge in [0, 0.05) is 16.6 Å². The predicted molar refractivity (Wildman–Crippen MR) is 64.8 cm³/mol. The maximum absolute atomic E-state index is 3.49. The van der Waals surface area contributed by atoms with Gasteiger partial charge in [-0.3, -0.25) is 0 Å². The van der Waals surface area contributed by atoms with Crippen LogP contribution in [0, 0.1) is 5.92 Å². The lowest BCUT2D eigenvalue weighted by Gasteiger charge is -2.05. The molecule has 15 heavy (non-hydrogen) atoms. The number of nitrogens with one attached hydrogen (secondary N) is 1. The first-order valence-corrected chi connectivity index (χ1v) is 5.61. The van der Waals surface area contributed by atoms with Gasteiger partial charge >= 0.3 is 0 Å². The van der Waals surface area contributed by atoms with Gasteiger partial charge in [0.2, 0.25) is 0 Å². The molecule has 0 amide bonds. The molecule has 1 heteroatoms. The predicted octanol–water partition coefficient (Wildman–Crippen LogP) is 3.76. The van der Waals surface area contributed by atoms with Gasteiger partial charge in [-0.15, -0.1) is 0 Å². The van der Waals surface area contributed by atoms with Crippen LogP contribution in [0.5, 0.6) is 0 Å². The molecule has 1 atom stereocenters. The van der Waals surface area contributed by atoms with Crippen LogP contribution in [0.4, 0.5) is 0 Å². The average molecular weight is 197 g/mol. The molecule has 1 nitrogen and oxygen atoms in total. The number of aromatic amines is 1. The molecule has 1 heterocycles. The van der Waals surface area contributed by atoms with E-state index in [0.29, 0.717) is 0 Å². The first-order chi connectivity index (χ1) is 7.34. The molecule has 2 aromatic rings. The summed E-state index contributed by atoms with van der Waals surface area (Å²) in [5, 5.41) is 1.39. The van der Waals surface area contributed by atoms with Gasteiger partial charge < -0.3 is 4.98 Å². The van der Waals surface area contributed by atoms with E-state index in [9.17, 15) is 0 Å². The third-order valence-corrected chi connectivity index (χ3v) is 3.22. The number of allylic oxidation sites excluding steroid dienone is 1. The monoisotopic (exact) mass is 197 g/mol. The van der Waals surface area contributed by atoms with Crippen molar-refractivity contribution in [1.82, 2.24) is 4.98 Å². The van der Waals surface area contributed by atoms with Crippen LogP contribution >= 0.6 is 0 Å². The van der Waals surface area contributed by atoms with Crippen LogP contribution in [0.15, 0.2) is 30.3 Å². The van der Waals surface area contributed by atoms with Crippen molar-refractivity contribution in [1.29, 1.82) is 0 Å². The van der Waals surface area contributed by atoms with E-state index in [4.69, 9.17) is 0 Å². The maximum Gasteiger partial charge on any atom is 0.0461 e. The number of hydrogen-bond acceptors (Lipinski definition) is 0. The molecular formula is C14H15N. The molecule has 3 rings (SSSR count). The van der Waals surface area contributed by atoms with Crippen LogP contribution in [0.2, 0.25) is 0 Å². The van der Waals surface area contributed by atoms with E-state index in [1.54, 1.807) is 0 Å². The smallest absolute Gasteiger partial charge is 0.0461 e. The van der Waals surface area contributed by atoms with Crippen molar-refractivity contribution >= 4 is 17.0 Å². The molecule has 76 valence electrons. The van der Waals surface area contributed by atoms with E-state index >= 15 is 0 Å². The molecule has 0 fully saturated rings. The van der Waals surface area contributed by atoms with Crippen molar-refractivity contribution in [2.24, 2.45) is 5.92 Å². The van der Waals surface area contributed by atoms with Crippen molar-refractivity contribution in [3.8, 4) is 0 Å². The Morgan fingerprint density at radius 3 is 3.07 bits per heavy atom. The van der Waals surface area contributed by atoms with Gasteiger partial charge in [-0.25, -0.2) is 0 Å². The number of para-hydroxylation sites is 1. The zero-order chi connectivity index (χ0) is 10.3. The highest BCUT2D eigenvalue weighted by molar-refractivity contribution is 5.87. The number of H-pyrrole nitrogens is 1. The van der Waals surface area contributed by atoms with Crippen molar-refractivity contribution < 1.29 is 0 Å². The zero-order valence-corrected chi connectivity index (χ0v) is 8.96. The standard InChI is InChI=1S/C14H15N/c1-10-5-4-8-14-12(9-10)11-6-2-3-7-13(11)15-14/h2-4,6-8,10,15H,5,9H2,1H3/t10-/m1/s1. The van der Waals surface area contributed by atoms with E-state index in [-0.39, 0.29) is 0 Å². The van der Waals surface area contributed by atoms with Gasteiger partial charge in [0.1, 0.15) is 0 Å². The van der Waals surface area contributed by atoms with Crippen LogP contribution in [0.25, 0.3) is 17.0 Å². The van der Waals surface area contributed by atoms with Gasteiger partial charge in [0.05, 0.1) is 0 Å². The van der Waals surface area contributed by atoms with Crippen LogP contribution < -0.4 is 0 Å². The third-order valence-electron chi connectivity index (χ3n) is 3.22. The molecule has 0 aliphatic heterocycles. The highest BCUT2D eigenvalue weighted by Crippen LogP contribution is 2.29. The fraction of sp³-hybridized carbons (Fsp3) is 0.286. The lowest BCUT2D eigenvalue weighted by atomic mass is 9.98. The lowest BCUT2D eigenvalue weighted by Crippen LogP contribution is -1.96. The SMILES string of the molecule is C[C@@H]1CC=Cc2[nH]c3ccccc3c2C1. The maximum atomic E-state index is 3.49. The molecule has 1 aromatic heterocycles. The van der Waals surface area contributed by atoms with Gasteiger partial charge in [-0.05, 0) is 36.5 Å². The van der Waals surface area contributed by atoms with Crippen molar-refractivity contribution in [2.75, 3.05) is 0 Å². The summed E-state index contributed by atoms with van der Waals surface area (Å²) in [6, 6.07) is 8.58. The number of hydrogen-bond donors (Lipinski definition) is 1. The van der Waals surface area contributed by atoms with E-state index in [0.717, 1.165) is 5.92 Å². The summed E-state index contributed by atoms with van der Waals surface area (Å²) >= 11 is 0. The number of aromatic nitrogens is 1. The molecule has 1 N–H and O–H groups in total. The Bertz CT molecular complexity index is 519. The second-order valence-corrected chi connectivity index (χ2v) is 4.51. The summed E-state index contributed by atoms with van der Waals surface area (Å²) in [5.74, 6) is 0.752. The molecule has 1 aromatic carbocycles. The Labute approximate surface area is 89.8 Å². The summed E-state index contributed by atoms with van der Waals surface area (Å²) in [6.07, 6.45) is 6.90. The second-order valence-electron chi connectivity index (χ2n) is 4.51. The van der Waals surface area contributed by atoms with E-state index < -0.39 is 0 Å². The summed E-state index contributed by atoms with van der Waals surface area (Å²) in [6.45, 7) is 2.32. The Balaban J connectivity index is 2.27. The minimum absolute atomic E-state index is 0.752. The number of fused-ring (bicyclic) bond motifs is 3. The molecule has 1 aliphatic carbocycles. The molecule has 0 spiro atoms. The van der Waals surface area contributed by atoms with Crippen molar-refractivity contribution in [3.63, 3.8) is 0 Å². The molecule has 1 aliphatic rings. The zero-order valence-electron chi connectivity index (χ0n) is 8.96. The first kappa shape index (κ1) is 8.78. The van der Waals surface area contributed by atoms with Crippen molar-refractivity contribution in [3.05, 3.63) is 41.6 Å². The molecular weight excluding hydrogens is 182 g/mol. The highest BCUT2D eigenvalue weighted by atomic mass is 14.7. The Hall–Kier alpha value is -1.50.